The fourth-order valence-corrected chi connectivity index (χ4v) is 2.58. The third-order valence-electron chi connectivity index (χ3n) is 3.48. The van der Waals surface area contributed by atoms with Gasteiger partial charge >= 0.3 is 11.9 Å². The van der Waals surface area contributed by atoms with Crippen LogP contribution in [0.25, 0.3) is 0 Å². The zero-order chi connectivity index (χ0) is 17.0. The molecule has 0 bridgehead atoms. The highest BCUT2D eigenvalue weighted by Gasteiger charge is 2.37. The number of carboxylic acids is 1. The van der Waals surface area contributed by atoms with Crippen molar-refractivity contribution in [3.8, 4) is 12.3 Å². The highest BCUT2D eigenvalue weighted by Crippen LogP contribution is 2.37. The second kappa shape index (κ2) is 6.79. The number of terminal acetylenes is 1. The van der Waals surface area contributed by atoms with Gasteiger partial charge in [-0.1, -0.05) is 12.0 Å². The molecule has 2 rings (SSSR count). The van der Waals surface area contributed by atoms with E-state index in [0.29, 0.717) is 17.1 Å². The number of esters is 1. The van der Waals surface area contributed by atoms with Crippen molar-refractivity contribution in [2.24, 2.45) is 0 Å². The van der Waals surface area contributed by atoms with Crippen molar-refractivity contribution in [2.75, 3.05) is 6.61 Å². The topological polar surface area (TPSA) is 88.5 Å². The van der Waals surface area contributed by atoms with Gasteiger partial charge in [-0.15, -0.1) is 6.42 Å². The monoisotopic (exact) mass is 312 g/mol. The SMILES string of the molecule is C#CCOC(=O)C1=C(C)NC(C)=C(C(=O)O)C1c1ccccn1. The van der Waals surface area contributed by atoms with Crippen LogP contribution < -0.4 is 5.32 Å². The summed E-state index contributed by atoms with van der Waals surface area (Å²) in [5.41, 5.74) is 1.69. The summed E-state index contributed by atoms with van der Waals surface area (Å²) < 4.78 is 5.00. The minimum atomic E-state index is -1.12. The smallest absolute Gasteiger partial charge is 0.337 e. The molecule has 1 unspecified atom stereocenters. The van der Waals surface area contributed by atoms with Crippen molar-refractivity contribution < 1.29 is 19.4 Å². The number of carboxylic acid groups (broad SMARTS) is 1. The van der Waals surface area contributed by atoms with Gasteiger partial charge in [0.2, 0.25) is 0 Å². The van der Waals surface area contributed by atoms with E-state index < -0.39 is 17.9 Å². The molecule has 1 aromatic rings. The maximum atomic E-state index is 12.4. The average molecular weight is 312 g/mol. The van der Waals surface area contributed by atoms with Crippen molar-refractivity contribution in [1.82, 2.24) is 10.3 Å². The molecular formula is C17H16N2O4. The number of ether oxygens (including phenoxy) is 1. The maximum absolute atomic E-state index is 12.4. The second-order valence-electron chi connectivity index (χ2n) is 4.98. The molecule has 0 aliphatic carbocycles. The Labute approximate surface area is 133 Å². The second-order valence-corrected chi connectivity index (χ2v) is 4.98. The van der Waals surface area contributed by atoms with Gasteiger partial charge in [0.1, 0.15) is 0 Å². The van der Waals surface area contributed by atoms with E-state index in [1.807, 2.05) is 0 Å². The molecule has 0 spiro atoms. The van der Waals surface area contributed by atoms with Crippen molar-refractivity contribution in [1.29, 1.82) is 0 Å². The van der Waals surface area contributed by atoms with Crippen LogP contribution in [0.2, 0.25) is 0 Å². The molecule has 0 amide bonds. The van der Waals surface area contributed by atoms with Crippen LogP contribution in [0, 0.1) is 12.3 Å². The summed E-state index contributed by atoms with van der Waals surface area (Å²) in [6.07, 6.45) is 6.66. The van der Waals surface area contributed by atoms with Gasteiger partial charge in [-0.05, 0) is 26.0 Å². The van der Waals surface area contributed by atoms with Gasteiger partial charge in [0, 0.05) is 17.6 Å². The molecule has 1 aliphatic heterocycles. The average Bonchev–Trinajstić information content (AvgIpc) is 2.52. The minimum absolute atomic E-state index is 0.0574. The summed E-state index contributed by atoms with van der Waals surface area (Å²) in [5, 5.41) is 12.5. The number of rotatable bonds is 4. The minimum Gasteiger partial charge on any atom is -0.478 e. The molecule has 0 saturated heterocycles. The summed E-state index contributed by atoms with van der Waals surface area (Å²) in [4.78, 5) is 28.3. The summed E-state index contributed by atoms with van der Waals surface area (Å²) in [7, 11) is 0. The van der Waals surface area contributed by atoms with Crippen LogP contribution in [0.1, 0.15) is 25.5 Å². The van der Waals surface area contributed by atoms with E-state index in [1.165, 1.54) is 0 Å². The van der Waals surface area contributed by atoms with Crippen LogP contribution in [0.5, 0.6) is 0 Å². The number of hydrogen-bond acceptors (Lipinski definition) is 5. The Bertz CT molecular complexity index is 742. The van der Waals surface area contributed by atoms with Gasteiger partial charge in [-0.3, -0.25) is 4.98 Å². The number of carbonyl (C=O) groups excluding carboxylic acids is 1. The molecule has 1 aromatic heterocycles. The first kappa shape index (κ1) is 16.3. The van der Waals surface area contributed by atoms with Gasteiger partial charge in [-0.2, -0.15) is 0 Å². The first-order chi connectivity index (χ1) is 11.0. The zero-order valence-electron chi connectivity index (χ0n) is 12.8. The van der Waals surface area contributed by atoms with Gasteiger partial charge in [0.25, 0.3) is 0 Å². The normalized spacial score (nSPS) is 17.3. The largest absolute Gasteiger partial charge is 0.478 e. The van der Waals surface area contributed by atoms with E-state index in [9.17, 15) is 14.7 Å². The van der Waals surface area contributed by atoms with Gasteiger partial charge < -0.3 is 15.2 Å². The Balaban J connectivity index is 2.58. The third kappa shape index (κ3) is 3.24. The van der Waals surface area contributed by atoms with Crippen molar-refractivity contribution in [2.45, 2.75) is 19.8 Å². The van der Waals surface area contributed by atoms with Gasteiger partial charge in [0.15, 0.2) is 6.61 Å². The van der Waals surface area contributed by atoms with E-state index in [1.54, 1.807) is 38.2 Å². The van der Waals surface area contributed by atoms with E-state index in [4.69, 9.17) is 11.2 Å². The van der Waals surface area contributed by atoms with Crippen LogP contribution in [-0.2, 0) is 14.3 Å². The molecule has 1 atom stereocenters. The number of aromatic nitrogens is 1. The maximum Gasteiger partial charge on any atom is 0.337 e. The fourth-order valence-electron chi connectivity index (χ4n) is 2.58. The Hall–Kier alpha value is -3.07. The number of carbonyl (C=O) groups is 2. The van der Waals surface area contributed by atoms with Crippen LogP contribution in [0.15, 0.2) is 46.9 Å². The van der Waals surface area contributed by atoms with Crippen molar-refractivity contribution >= 4 is 11.9 Å². The molecule has 0 radical (unpaired) electrons. The van der Waals surface area contributed by atoms with E-state index in [2.05, 4.69) is 16.2 Å². The number of nitrogens with one attached hydrogen (secondary N) is 1. The first-order valence-corrected chi connectivity index (χ1v) is 6.90. The summed E-state index contributed by atoms with van der Waals surface area (Å²) in [6.45, 7) is 3.15. The molecule has 6 heteroatoms. The molecule has 6 nitrogen and oxygen atoms in total. The van der Waals surface area contributed by atoms with Crippen LogP contribution >= 0.6 is 0 Å². The Morgan fingerprint density at radius 1 is 1.35 bits per heavy atom. The summed E-state index contributed by atoms with van der Waals surface area (Å²) in [5.74, 6) is -0.382. The predicted molar refractivity (Wildman–Crippen MR) is 82.9 cm³/mol. The molecule has 0 fully saturated rings. The lowest BCUT2D eigenvalue weighted by Gasteiger charge is -2.28. The van der Waals surface area contributed by atoms with Gasteiger partial charge in [-0.25, -0.2) is 9.59 Å². The lowest BCUT2D eigenvalue weighted by Crippen LogP contribution is -2.32. The zero-order valence-corrected chi connectivity index (χ0v) is 12.8. The fraction of sp³-hybridized carbons (Fsp3) is 0.235. The number of nitrogens with zero attached hydrogens (tertiary/aromatic N) is 1. The number of dihydropyridines is 1. The van der Waals surface area contributed by atoms with Crippen LogP contribution in [-0.4, -0.2) is 28.6 Å². The summed E-state index contributed by atoms with van der Waals surface area (Å²) in [6, 6.07) is 5.13. The molecular weight excluding hydrogens is 296 g/mol. The van der Waals surface area contributed by atoms with Crippen LogP contribution in [0.4, 0.5) is 0 Å². The Kier molecular flexibility index (Phi) is 4.82. The lowest BCUT2D eigenvalue weighted by molar-refractivity contribution is -0.138. The predicted octanol–water partition coefficient (Wildman–Crippen LogP) is 1.58. The van der Waals surface area contributed by atoms with Gasteiger partial charge in [0.05, 0.1) is 22.8 Å². The number of aliphatic carboxylic acids is 1. The van der Waals surface area contributed by atoms with E-state index in [-0.39, 0.29) is 17.8 Å². The Morgan fingerprint density at radius 3 is 2.61 bits per heavy atom. The lowest BCUT2D eigenvalue weighted by atomic mass is 9.83. The quantitative estimate of drug-likeness (QED) is 0.648. The molecule has 2 heterocycles. The standard InChI is InChI=1S/C17H16N2O4/c1-4-9-23-17(22)14-11(3)19-10(2)13(16(20)21)15(14)12-7-5-6-8-18-12/h1,5-8,15,19H,9H2,2-3H3,(H,20,21). The summed E-state index contributed by atoms with van der Waals surface area (Å²) >= 11 is 0. The number of hydrogen-bond donors (Lipinski definition) is 2. The molecule has 118 valence electrons. The first-order valence-electron chi connectivity index (χ1n) is 6.90. The van der Waals surface area contributed by atoms with Crippen LogP contribution in [0.3, 0.4) is 0 Å². The number of allylic oxidation sites excluding steroid dienone is 2. The van der Waals surface area contributed by atoms with E-state index >= 15 is 0 Å². The molecule has 0 saturated carbocycles. The third-order valence-corrected chi connectivity index (χ3v) is 3.48. The van der Waals surface area contributed by atoms with Crippen molar-refractivity contribution in [3.63, 3.8) is 0 Å². The highest BCUT2D eigenvalue weighted by molar-refractivity contribution is 5.99. The highest BCUT2D eigenvalue weighted by atomic mass is 16.5. The van der Waals surface area contributed by atoms with Crippen molar-refractivity contribution in [3.05, 3.63) is 52.6 Å². The molecule has 2 N–H and O–H groups in total. The van der Waals surface area contributed by atoms with E-state index in [0.717, 1.165) is 0 Å². The number of pyridine rings is 1. The Morgan fingerprint density at radius 2 is 2.04 bits per heavy atom. The molecule has 23 heavy (non-hydrogen) atoms. The molecule has 1 aliphatic rings. The molecule has 0 aromatic carbocycles.